The number of aryl methyl sites for hydroxylation is 1. The quantitative estimate of drug-likeness (QED) is 0.636. The van der Waals surface area contributed by atoms with Gasteiger partial charge in [-0.15, -0.1) is 0 Å². The van der Waals surface area contributed by atoms with E-state index in [0.29, 0.717) is 6.61 Å². The van der Waals surface area contributed by atoms with Gasteiger partial charge in [-0.2, -0.15) is 10.2 Å². The highest BCUT2D eigenvalue weighted by Crippen LogP contribution is 2.34. The van der Waals surface area contributed by atoms with Crippen LogP contribution in [-0.4, -0.2) is 46.4 Å². The van der Waals surface area contributed by atoms with Crippen molar-refractivity contribution in [3.05, 3.63) is 36.7 Å². The number of hydrogen-bond donors (Lipinski definition) is 1. The topological polar surface area (TPSA) is 66.1 Å². The zero-order chi connectivity index (χ0) is 19.5. The normalized spacial score (nSPS) is 17.1. The predicted octanol–water partition coefficient (Wildman–Crippen LogP) is 3.38. The monoisotopic (exact) mass is 381 g/mol. The highest BCUT2D eigenvalue weighted by Gasteiger charge is 2.21. The fraction of sp³-hybridized carbons (Fsp3) is 0.429. The number of rotatable bonds is 7. The summed E-state index contributed by atoms with van der Waals surface area (Å²) < 4.78 is 15.7. The first-order valence-electron chi connectivity index (χ1n) is 9.79. The fourth-order valence-corrected chi connectivity index (χ4v) is 3.66. The van der Waals surface area contributed by atoms with E-state index in [2.05, 4.69) is 35.2 Å². The molecular formula is C21H27N5O2. The second kappa shape index (κ2) is 8.16. The molecule has 2 aromatic heterocycles. The van der Waals surface area contributed by atoms with E-state index < -0.39 is 0 Å². The van der Waals surface area contributed by atoms with E-state index in [4.69, 9.17) is 14.6 Å². The molecule has 1 aromatic carbocycles. The van der Waals surface area contributed by atoms with Gasteiger partial charge in [0.1, 0.15) is 6.61 Å². The van der Waals surface area contributed by atoms with Gasteiger partial charge in [0.05, 0.1) is 23.0 Å². The number of aromatic nitrogens is 4. The van der Waals surface area contributed by atoms with Gasteiger partial charge in [0.25, 0.3) is 0 Å². The van der Waals surface area contributed by atoms with Crippen LogP contribution in [0.4, 0.5) is 0 Å². The van der Waals surface area contributed by atoms with Gasteiger partial charge in [-0.1, -0.05) is 12.6 Å². The Balaban J connectivity index is 1.73. The second-order valence-electron chi connectivity index (χ2n) is 7.03. The van der Waals surface area contributed by atoms with E-state index in [1.807, 2.05) is 25.0 Å². The molecule has 3 heterocycles. The molecule has 0 saturated carbocycles. The third kappa shape index (κ3) is 3.43. The standard InChI is InChI=1S/C21H27N5O2/c1-4-18-16-13-15(17-14-23-25(3)21(17)28-12-10-22-2)8-9-19(16)26(24-18)20-7-5-6-11-27-20/h4,8-9,13-14,20,22H,1,5-7,10-12H2,2-3H3. The van der Waals surface area contributed by atoms with Crippen LogP contribution in [0.15, 0.2) is 31.0 Å². The summed E-state index contributed by atoms with van der Waals surface area (Å²) in [6, 6.07) is 6.34. The molecule has 1 aliphatic heterocycles. The first kappa shape index (κ1) is 18.7. The van der Waals surface area contributed by atoms with Gasteiger partial charge in [0.15, 0.2) is 6.23 Å². The van der Waals surface area contributed by atoms with Crippen molar-refractivity contribution in [2.75, 3.05) is 26.8 Å². The number of hydrogen-bond acceptors (Lipinski definition) is 5. The first-order chi connectivity index (χ1) is 13.7. The molecule has 4 rings (SSSR count). The smallest absolute Gasteiger partial charge is 0.219 e. The number of nitrogens with one attached hydrogen (secondary N) is 1. The minimum absolute atomic E-state index is 0.00497. The molecule has 1 saturated heterocycles. The molecule has 1 atom stereocenters. The zero-order valence-electron chi connectivity index (χ0n) is 16.5. The number of ether oxygens (including phenoxy) is 2. The minimum Gasteiger partial charge on any atom is -0.476 e. The van der Waals surface area contributed by atoms with Gasteiger partial charge in [0.2, 0.25) is 5.88 Å². The second-order valence-corrected chi connectivity index (χ2v) is 7.03. The van der Waals surface area contributed by atoms with Crippen molar-refractivity contribution in [2.24, 2.45) is 7.05 Å². The van der Waals surface area contributed by atoms with Crippen LogP contribution in [0.25, 0.3) is 28.1 Å². The Labute approximate surface area is 164 Å². The largest absolute Gasteiger partial charge is 0.476 e. The lowest BCUT2D eigenvalue weighted by Crippen LogP contribution is -2.19. The van der Waals surface area contributed by atoms with Gasteiger partial charge in [-0.25, -0.2) is 9.36 Å². The summed E-state index contributed by atoms with van der Waals surface area (Å²) in [5.41, 5.74) is 3.95. The van der Waals surface area contributed by atoms with Crippen LogP contribution in [-0.2, 0) is 11.8 Å². The van der Waals surface area contributed by atoms with Crippen molar-refractivity contribution in [1.29, 1.82) is 0 Å². The van der Waals surface area contributed by atoms with E-state index in [-0.39, 0.29) is 6.23 Å². The Morgan fingerprint density at radius 3 is 3.04 bits per heavy atom. The lowest BCUT2D eigenvalue weighted by molar-refractivity contribution is -0.0367. The fourth-order valence-electron chi connectivity index (χ4n) is 3.66. The maximum Gasteiger partial charge on any atom is 0.219 e. The van der Waals surface area contributed by atoms with Crippen LogP contribution >= 0.6 is 0 Å². The molecular weight excluding hydrogens is 354 g/mol. The van der Waals surface area contributed by atoms with Crippen molar-refractivity contribution in [3.8, 4) is 17.0 Å². The average Bonchev–Trinajstić information content (AvgIpc) is 3.29. The Morgan fingerprint density at radius 1 is 1.39 bits per heavy atom. The van der Waals surface area contributed by atoms with E-state index >= 15 is 0 Å². The molecule has 148 valence electrons. The number of nitrogens with zero attached hydrogens (tertiary/aromatic N) is 4. The van der Waals surface area contributed by atoms with Crippen molar-refractivity contribution < 1.29 is 9.47 Å². The van der Waals surface area contributed by atoms with E-state index in [9.17, 15) is 0 Å². The molecule has 1 unspecified atom stereocenters. The summed E-state index contributed by atoms with van der Waals surface area (Å²) >= 11 is 0. The van der Waals surface area contributed by atoms with Crippen molar-refractivity contribution in [1.82, 2.24) is 24.9 Å². The Morgan fingerprint density at radius 2 is 2.29 bits per heavy atom. The summed E-state index contributed by atoms with van der Waals surface area (Å²) in [5.74, 6) is 0.762. The first-order valence-corrected chi connectivity index (χ1v) is 9.79. The molecule has 1 aliphatic rings. The van der Waals surface area contributed by atoms with Gasteiger partial charge in [-0.05, 0) is 50.1 Å². The van der Waals surface area contributed by atoms with Crippen LogP contribution in [0.1, 0.15) is 31.2 Å². The number of benzene rings is 1. The third-order valence-corrected chi connectivity index (χ3v) is 5.14. The Bertz CT molecular complexity index is 969. The van der Waals surface area contributed by atoms with Crippen LogP contribution in [0.2, 0.25) is 0 Å². The third-order valence-electron chi connectivity index (χ3n) is 5.14. The number of likely N-dealkylation sites (N-methyl/N-ethyl adjacent to an activating group) is 1. The Hall–Kier alpha value is -2.64. The highest BCUT2D eigenvalue weighted by atomic mass is 16.5. The SMILES string of the molecule is C=Cc1nn(C2CCCCO2)c2ccc(-c3cnn(C)c3OCCNC)cc12. The molecule has 0 amide bonds. The molecule has 1 fully saturated rings. The van der Waals surface area contributed by atoms with Gasteiger partial charge in [0, 0.05) is 25.6 Å². The molecule has 7 heteroatoms. The minimum atomic E-state index is -0.00497. The van der Waals surface area contributed by atoms with Crippen molar-refractivity contribution in [3.63, 3.8) is 0 Å². The molecule has 0 radical (unpaired) electrons. The highest BCUT2D eigenvalue weighted by molar-refractivity contribution is 5.91. The molecule has 0 spiro atoms. The van der Waals surface area contributed by atoms with Crippen LogP contribution in [0.3, 0.4) is 0 Å². The maximum absolute atomic E-state index is 5.95. The van der Waals surface area contributed by atoms with E-state index in [1.165, 1.54) is 0 Å². The summed E-state index contributed by atoms with van der Waals surface area (Å²) in [6.07, 6.45) is 6.91. The van der Waals surface area contributed by atoms with Crippen LogP contribution in [0.5, 0.6) is 5.88 Å². The van der Waals surface area contributed by atoms with Crippen molar-refractivity contribution >= 4 is 17.0 Å². The molecule has 7 nitrogen and oxygen atoms in total. The molecule has 3 aromatic rings. The average molecular weight is 381 g/mol. The zero-order valence-corrected chi connectivity index (χ0v) is 16.5. The van der Waals surface area contributed by atoms with E-state index in [0.717, 1.165) is 66.0 Å². The molecule has 1 N–H and O–H groups in total. The summed E-state index contributed by atoms with van der Waals surface area (Å²) in [5, 5.41) is 13.3. The maximum atomic E-state index is 5.95. The van der Waals surface area contributed by atoms with Crippen molar-refractivity contribution in [2.45, 2.75) is 25.5 Å². The predicted molar refractivity (Wildman–Crippen MR) is 110 cm³/mol. The number of fused-ring (bicyclic) bond motifs is 1. The summed E-state index contributed by atoms with van der Waals surface area (Å²) in [6.45, 7) is 6.10. The molecule has 0 bridgehead atoms. The lowest BCUT2D eigenvalue weighted by Gasteiger charge is -2.23. The lowest BCUT2D eigenvalue weighted by atomic mass is 10.1. The van der Waals surface area contributed by atoms with Gasteiger partial charge >= 0.3 is 0 Å². The van der Waals surface area contributed by atoms with E-state index in [1.54, 1.807) is 10.8 Å². The Kier molecular flexibility index (Phi) is 5.45. The molecule has 0 aliphatic carbocycles. The van der Waals surface area contributed by atoms with Crippen LogP contribution < -0.4 is 10.1 Å². The van der Waals surface area contributed by atoms with Gasteiger partial charge < -0.3 is 14.8 Å². The summed E-state index contributed by atoms with van der Waals surface area (Å²) in [4.78, 5) is 0. The summed E-state index contributed by atoms with van der Waals surface area (Å²) in [7, 11) is 3.80. The van der Waals surface area contributed by atoms with Crippen LogP contribution in [0, 0.1) is 0 Å². The van der Waals surface area contributed by atoms with Gasteiger partial charge in [-0.3, -0.25) is 0 Å². The molecule has 28 heavy (non-hydrogen) atoms.